The second-order valence-electron chi connectivity index (χ2n) is 5.12. The molecule has 0 radical (unpaired) electrons. The summed E-state index contributed by atoms with van der Waals surface area (Å²) in [6, 6.07) is -0.560. The molecule has 0 saturated carbocycles. The molecule has 0 bridgehead atoms. The average molecular weight is 337 g/mol. The highest BCUT2D eigenvalue weighted by Crippen LogP contribution is 2.34. The summed E-state index contributed by atoms with van der Waals surface area (Å²) < 4.78 is 53.8. The van der Waals surface area contributed by atoms with E-state index in [2.05, 4.69) is 10.2 Å². The lowest BCUT2D eigenvalue weighted by atomic mass is 10.2. The number of hydrogen-bond donors (Lipinski definition) is 0. The second kappa shape index (κ2) is 6.01. The molecule has 2 heterocycles. The van der Waals surface area contributed by atoms with Crippen LogP contribution in [0.15, 0.2) is 9.64 Å². The number of hydrogen-bond acceptors (Lipinski definition) is 7. The van der Waals surface area contributed by atoms with Crippen LogP contribution in [0.3, 0.4) is 0 Å². The van der Waals surface area contributed by atoms with Crippen LogP contribution in [0.25, 0.3) is 0 Å². The Labute approximate surface area is 124 Å². The fourth-order valence-electron chi connectivity index (χ4n) is 2.27. The highest BCUT2D eigenvalue weighted by atomic mass is 32.2. The SMILES string of the molecule is CCCCS(=O)(=O)N1CCC[C@H]1c1nnc(S(C)(=O)=O)o1. The van der Waals surface area contributed by atoms with Crippen molar-refractivity contribution >= 4 is 19.9 Å². The molecule has 0 aromatic carbocycles. The van der Waals surface area contributed by atoms with Gasteiger partial charge in [-0.3, -0.25) is 0 Å². The standard InChI is InChI=1S/C11H19N3O5S2/c1-3-4-8-21(17,18)14-7-5-6-9(14)10-12-13-11(19-10)20(2,15)16/h9H,3-8H2,1-2H3/t9-/m0/s1. The van der Waals surface area contributed by atoms with Crippen molar-refractivity contribution in [3.8, 4) is 0 Å². The molecular weight excluding hydrogens is 318 g/mol. The smallest absolute Gasteiger partial charge is 0.335 e. The summed E-state index contributed by atoms with van der Waals surface area (Å²) in [7, 11) is -6.98. The van der Waals surface area contributed by atoms with Crippen LogP contribution in [-0.2, 0) is 19.9 Å². The first-order chi connectivity index (χ1) is 9.75. The Kier molecular flexibility index (Phi) is 4.69. The summed E-state index contributed by atoms with van der Waals surface area (Å²) in [6.07, 6.45) is 3.58. The van der Waals surface area contributed by atoms with E-state index >= 15 is 0 Å². The number of rotatable bonds is 6. The number of sulfone groups is 1. The maximum absolute atomic E-state index is 12.3. The monoisotopic (exact) mass is 337 g/mol. The van der Waals surface area contributed by atoms with E-state index in [1.54, 1.807) is 0 Å². The van der Waals surface area contributed by atoms with Crippen LogP contribution in [0.2, 0.25) is 0 Å². The Morgan fingerprint density at radius 1 is 1.29 bits per heavy atom. The highest BCUT2D eigenvalue weighted by Gasteiger charge is 2.38. The predicted octanol–water partition coefficient (Wildman–Crippen LogP) is 0.740. The van der Waals surface area contributed by atoms with Gasteiger partial charge in [0.1, 0.15) is 6.04 Å². The largest absolute Gasteiger partial charge is 0.411 e. The minimum atomic E-state index is -3.59. The molecule has 1 aliphatic heterocycles. The van der Waals surface area contributed by atoms with Gasteiger partial charge in [-0.1, -0.05) is 18.4 Å². The normalized spacial score (nSPS) is 21.0. The third-order valence-corrected chi connectivity index (χ3v) is 6.10. The first-order valence-electron chi connectivity index (χ1n) is 6.78. The fourth-order valence-corrected chi connectivity index (χ4v) is 4.57. The topological polar surface area (TPSA) is 110 Å². The van der Waals surface area contributed by atoms with Gasteiger partial charge in [0.15, 0.2) is 0 Å². The van der Waals surface area contributed by atoms with E-state index in [0.717, 1.165) is 12.7 Å². The van der Waals surface area contributed by atoms with Crippen molar-refractivity contribution in [2.24, 2.45) is 0 Å². The van der Waals surface area contributed by atoms with Crippen LogP contribution < -0.4 is 0 Å². The van der Waals surface area contributed by atoms with Crippen molar-refractivity contribution in [2.45, 2.75) is 43.9 Å². The lowest BCUT2D eigenvalue weighted by Gasteiger charge is -2.21. The lowest BCUT2D eigenvalue weighted by molar-refractivity contribution is 0.303. The number of nitrogens with zero attached hydrogens (tertiary/aromatic N) is 3. The first-order valence-corrected chi connectivity index (χ1v) is 10.3. The van der Waals surface area contributed by atoms with E-state index in [9.17, 15) is 16.8 Å². The van der Waals surface area contributed by atoms with Crippen LogP contribution >= 0.6 is 0 Å². The summed E-state index contributed by atoms with van der Waals surface area (Å²) in [5.41, 5.74) is 0. The third-order valence-electron chi connectivity index (χ3n) is 3.34. The molecule has 1 aromatic rings. The lowest BCUT2D eigenvalue weighted by Crippen LogP contribution is -2.32. The Morgan fingerprint density at radius 3 is 2.57 bits per heavy atom. The minimum absolute atomic E-state index is 0.0491. The third kappa shape index (κ3) is 3.61. The van der Waals surface area contributed by atoms with Gasteiger partial charge in [-0.2, -0.15) is 4.31 Å². The molecule has 0 amide bonds. The van der Waals surface area contributed by atoms with Crippen LogP contribution in [0, 0.1) is 0 Å². The molecule has 1 aliphatic rings. The van der Waals surface area contributed by atoms with Gasteiger partial charge in [0, 0.05) is 12.8 Å². The average Bonchev–Trinajstić information content (AvgIpc) is 3.03. The van der Waals surface area contributed by atoms with E-state index in [1.807, 2.05) is 6.92 Å². The Hall–Kier alpha value is -1.00. The molecule has 0 spiro atoms. The molecular formula is C11H19N3O5S2. The summed E-state index contributed by atoms with van der Waals surface area (Å²) in [6.45, 7) is 2.32. The maximum atomic E-state index is 12.3. The number of unbranched alkanes of at least 4 members (excludes halogenated alkanes) is 1. The zero-order chi connectivity index (χ0) is 15.7. The van der Waals surface area contributed by atoms with Crippen LogP contribution in [0.4, 0.5) is 0 Å². The van der Waals surface area contributed by atoms with E-state index in [0.29, 0.717) is 25.8 Å². The Bertz CT molecular complexity index is 695. The van der Waals surface area contributed by atoms with Gasteiger partial charge < -0.3 is 4.42 Å². The molecule has 8 nitrogen and oxygen atoms in total. The molecule has 0 unspecified atom stereocenters. The van der Waals surface area contributed by atoms with Crippen molar-refractivity contribution in [3.05, 3.63) is 5.89 Å². The Balaban J connectivity index is 2.25. The van der Waals surface area contributed by atoms with Gasteiger partial charge in [-0.05, 0) is 19.3 Å². The molecule has 1 fully saturated rings. The summed E-state index contributed by atoms with van der Waals surface area (Å²) in [5, 5.41) is 6.71. The van der Waals surface area contributed by atoms with Gasteiger partial charge in [0.25, 0.3) is 0 Å². The number of sulfonamides is 1. The van der Waals surface area contributed by atoms with Crippen LogP contribution in [-0.4, -0.2) is 49.9 Å². The summed E-state index contributed by atoms with van der Waals surface area (Å²) in [4.78, 5) is 0. The van der Waals surface area contributed by atoms with Crippen molar-refractivity contribution in [1.82, 2.24) is 14.5 Å². The van der Waals surface area contributed by atoms with E-state index < -0.39 is 31.1 Å². The quantitative estimate of drug-likeness (QED) is 0.752. The first kappa shape index (κ1) is 16.4. The van der Waals surface area contributed by atoms with Crippen molar-refractivity contribution in [1.29, 1.82) is 0 Å². The molecule has 1 aromatic heterocycles. The van der Waals surface area contributed by atoms with E-state index in [-0.39, 0.29) is 11.6 Å². The second-order valence-corrected chi connectivity index (χ2v) is 9.05. The van der Waals surface area contributed by atoms with Crippen LogP contribution in [0.1, 0.15) is 44.5 Å². The maximum Gasteiger partial charge on any atom is 0.335 e. The van der Waals surface area contributed by atoms with E-state index in [4.69, 9.17) is 4.42 Å². The molecule has 21 heavy (non-hydrogen) atoms. The van der Waals surface area contributed by atoms with Gasteiger partial charge in [0.05, 0.1) is 5.75 Å². The van der Waals surface area contributed by atoms with Gasteiger partial charge in [-0.25, -0.2) is 16.8 Å². The fraction of sp³-hybridized carbons (Fsp3) is 0.818. The zero-order valence-corrected chi connectivity index (χ0v) is 13.7. The van der Waals surface area contributed by atoms with E-state index in [1.165, 1.54) is 4.31 Å². The van der Waals surface area contributed by atoms with Gasteiger partial charge >= 0.3 is 5.22 Å². The zero-order valence-electron chi connectivity index (χ0n) is 12.0. The van der Waals surface area contributed by atoms with Crippen LogP contribution in [0.5, 0.6) is 0 Å². The van der Waals surface area contributed by atoms with Crippen molar-refractivity contribution in [3.63, 3.8) is 0 Å². The van der Waals surface area contributed by atoms with Gasteiger partial charge in [0.2, 0.25) is 25.8 Å². The Morgan fingerprint density at radius 2 is 2.00 bits per heavy atom. The highest BCUT2D eigenvalue weighted by molar-refractivity contribution is 7.90. The van der Waals surface area contributed by atoms with Crippen molar-refractivity contribution < 1.29 is 21.3 Å². The number of aromatic nitrogens is 2. The molecule has 120 valence electrons. The molecule has 0 N–H and O–H groups in total. The van der Waals surface area contributed by atoms with Gasteiger partial charge in [-0.15, -0.1) is 5.10 Å². The summed E-state index contributed by atoms with van der Waals surface area (Å²) in [5.74, 6) is 0.126. The molecule has 10 heteroatoms. The predicted molar refractivity (Wildman–Crippen MR) is 74.8 cm³/mol. The molecule has 0 aliphatic carbocycles. The van der Waals surface area contributed by atoms with Crippen molar-refractivity contribution in [2.75, 3.05) is 18.6 Å². The molecule has 2 rings (SSSR count). The minimum Gasteiger partial charge on any atom is -0.411 e. The molecule has 1 atom stereocenters. The molecule has 1 saturated heterocycles. The summed E-state index contributed by atoms with van der Waals surface area (Å²) >= 11 is 0.